The predicted octanol–water partition coefficient (Wildman–Crippen LogP) is 2.93. The SMILES string of the molecule is Cn1ncc(NC(=O)c2nc(-c3ccccc3F)sc2N)c1NCC1CCNCC1. The number of aryl methyl sites for hydroxylation is 1. The van der Waals surface area contributed by atoms with Crippen LogP contribution in [0.2, 0.25) is 0 Å². The lowest BCUT2D eigenvalue weighted by Gasteiger charge is -2.23. The highest BCUT2D eigenvalue weighted by molar-refractivity contribution is 7.19. The van der Waals surface area contributed by atoms with Gasteiger partial charge in [-0.2, -0.15) is 5.10 Å². The quantitative estimate of drug-likeness (QED) is 0.480. The number of anilines is 3. The minimum absolute atomic E-state index is 0.0754. The Morgan fingerprint density at radius 2 is 2.13 bits per heavy atom. The summed E-state index contributed by atoms with van der Waals surface area (Å²) in [6.07, 6.45) is 3.81. The van der Waals surface area contributed by atoms with Crippen molar-refractivity contribution in [2.75, 3.05) is 36.0 Å². The first-order valence-electron chi connectivity index (χ1n) is 9.82. The molecule has 1 saturated heterocycles. The van der Waals surface area contributed by atoms with Gasteiger partial charge in [0.25, 0.3) is 5.91 Å². The van der Waals surface area contributed by atoms with Gasteiger partial charge in [0.05, 0.1) is 6.20 Å². The number of halogens is 1. The van der Waals surface area contributed by atoms with Gasteiger partial charge < -0.3 is 21.7 Å². The highest BCUT2D eigenvalue weighted by Gasteiger charge is 2.21. The molecule has 0 radical (unpaired) electrons. The highest BCUT2D eigenvalue weighted by atomic mass is 32.1. The van der Waals surface area contributed by atoms with Crippen molar-refractivity contribution in [1.82, 2.24) is 20.1 Å². The second kappa shape index (κ2) is 8.80. The monoisotopic (exact) mass is 429 g/mol. The lowest BCUT2D eigenvalue weighted by molar-refractivity contribution is 0.102. The van der Waals surface area contributed by atoms with Crippen molar-refractivity contribution in [1.29, 1.82) is 0 Å². The molecule has 3 aromatic rings. The van der Waals surface area contributed by atoms with Crippen molar-refractivity contribution in [2.45, 2.75) is 12.8 Å². The number of nitrogens with one attached hydrogen (secondary N) is 3. The van der Waals surface area contributed by atoms with E-state index < -0.39 is 11.7 Å². The summed E-state index contributed by atoms with van der Waals surface area (Å²) in [7, 11) is 1.81. The van der Waals surface area contributed by atoms with E-state index in [0.717, 1.165) is 49.6 Å². The van der Waals surface area contributed by atoms with Crippen LogP contribution in [-0.2, 0) is 7.05 Å². The fourth-order valence-corrected chi connectivity index (χ4v) is 4.35. The number of hydrogen-bond donors (Lipinski definition) is 4. The van der Waals surface area contributed by atoms with Gasteiger partial charge in [0.2, 0.25) is 0 Å². The molecular weight excluding hydrogens is 405 g/mol. The highest BCUT2D eigenvalue weighted by Crippen LogP contribution is 2.32. The third-order valence-corrected chi connectivity index (χ3v) is 6.09. The second-order valence-corrected chi connectivity index (χ2v) is 8.30. The van der Waals surface area contributed by atoms with Crippen LogP contribution < -0.4 is 21.7 Å². The van der Waals surface area contributed by atoms with Crippen molar-refractivity contribution in [2.24, 2.45) is 13.0 Å². The van der Waals surface area contributed by atoms with Gasteiger partial charge in [0, 0.05) is 19.2 Å². The van der Waals surface area contributed by atoms with Gasteiger partial charge in [0.1, 0.15) is 27.3 Å². The number of carbonyl (C=O) groups excluding carboxylic acids is 1. The average Bonchev–Trinajstić information content (AvgIpc) is 3.30. The van der Waals surface area contributed by atoms with Crippen LogP contribution in [0.3, 0.4) is 0 Å². The molecule has 0 saturated carbocycles. The van der Waals surface area contributed by atoms with Crippen LogP contribution in [0.15, 0.2) is 30.5 Å². The molecule has 1 aliphatic rings. The van der Waals surface area contributed by atoms with Gasteiger partial charge >= 0.3 is 0 Å². The topological polar surface area (TPSA) is 110 Å². The number of rotatable bonds is 6. The van der Waals surface area contributed by atoms with Crippen LogP contribution in [0.4, 0.5) is 20.9 Å². The lowest BCUT2D eigenvalue weighted by Crippen LogP contribution is -2.31. The molecule has 0 spiro atoms. The standard InChI is InChI=1S/C20H24FN7OS/c1-28-18(24-10-12-6-8-23-9-7-12)15(11-25-28)26-19(29)16-17(22)30-20(27-16)13-4-2-3-5-14(13)21/h2-5,11-12,23-24H,6-10,22H2,1H3,(H,26,29). The van der Waals surface area contributed by atoms with E-state index in [9.17, 15) is 9.18 Å². The molecule has 5 N–H and O–H groups in total. The van der Waals surface area contributed by atoms with Gasteiger partial charge in [-0.15, -0.1) is 0 Å². The minimum Gasteiger partial charge on any atom is -0.389 e. The number of nitrogens with two attached hydrogens (primary N) is 1. The van der Waals surface area contributed by atoms with E-state index in [-0.39, 0.29) is 10.7 Å². The first kappa shape index (κ1) is 20.3. The fourth-order valence-electron chi connectivity index (χ4n) is 3.49. The van der Waals surface area contributed by atoms with E-state index in [2.05, 4.69) is 26.0 Å². The zero-order chi connectivity index (χ0) is 21.1. The molecule has 1 fully saturated rings. The molecule has 0 aliphatic carbocycles. The molecule has 3 heterocycles. The Balaban J connectivity index is 1.49. The third-order valence-electron chi connectivity index (χ3n) is 5.18. The first-order chi connectivity index (χ1) is 14.5. The number of carbonyl (C=O) groups is 1. The van der Waals surface area contributed by atoms with E-state index in [1.54, 1.807) is 29.1 Å². The number of piperidine rings is 1. The molecule has 0 bridgehead atoms. The fraction of sp³-hybridized carbons (Fsp3) is 0.350. The van der Waals surface area contributed by atoms with Gasteiger partial charge in [-0.25, -0.2) is 9.37 Å². The van der Waals surface area contributed by atoms with Gasteiger partial charge in [-0.05, 0) is 44.0 Å². The van der Waals surface area contributed by atoms with Crippen LogP contribution in [0.1, 0.15) is 23.3 Å². The van der Waals surface area contributed by atoms with E-state index in [1.165, 1.54) is 6.07 Å². The molecule has 4 rings (SSSR count). The summed E-state index contributed by atoms with van der Waals surface area (Å²) in [6.45, 7) is 2.85. The van der Waals surface area contributed by atoms with Crippen LogP contribution in [0.5, 0.6) is 0 Å². The van der Waals surface area contributed by atoms with E-state index in [0.29, 0.717) is 22.2 Å². The number of hydrogen-bond acceptors (Lipinski definition) is 7. The van der Waals surface area contributed by atoms with Crippen molar-refractivity contribution in [3.8, 4) is 10.6 Å². The maximum Gasteiger partial charge on any atom is 0.277 e. The summed E-state index contributed by atoms with van der Waals surface area (Å²) in [5.74, 6) is 0.436. The summed E-state index contributed by atoms with van der Waals surface area (Å²) >= 11 is 1.08. The number of nitrogen functional groups attached to an aromatic ring is 1. The lowest BCUT2D eigenvalue weighted by atomic mass is 9.98. The maximum atomic E-state index is 14.1. The van der Waals surface area contributed by atoms with E-state index in [4.69, 9.17) is 5.73 Å². The summed E-state index contributed by atoms with van der Waals surface area (Å²) in [4.78, 5) is 17.1. The summed E-state index contributed by atoms with van der Waals surface area (Å²) in [5, 5.41) is 14.4. The summed E-state index contributed by atoms with van der Waals surface area (Å²) < 4.78 is 15.7. The zero-order valence-corrected chi connectivity index (χ0v) is 17.4. The second-order valence-electron chi connectivity index (χ2n) is 7.27. The predicted molar refractivity (Wildman–Crippen MR) is 117 cm³/mol. The first-order valence-corrected chi connectivity index (χ1v) is 10.6. The molecule has 1 amide bonds. The van der Waals surface area contributed by atoms with Crippen LogP contribution in [0.25, 0.3) is 10.6 Å². The van der Waals surface area contributed by atoms with Crippen LogP contribution in [0, 0.1) is 11.7 Å². The van der Waals surface area contributed by atoms with Gasteiger partial charge in [0.15, 0.2) is 5.69 Å². The van der Waals surface area contributed by atoms with Crippen LogP contribution >= 0.6 is 11.3 Å². The normalized spacial score (nSPS) is 14.6. The summed E-state index contributed by atoms with van der Waals surface area (Å²) in [6, 6.07) is 6.28. The molecule has 0 atom stereocenters. The van der Waals surface area contributed by atoms with E-state index in [1.807, 2.05) is 7.05 Å². The molecule has 158 valence electrons. The van der Waals surface area contributed by atoms with Crippen molar-refractivity contribution < 1.29 is 9.18 Å². The Bertz CT molecular complexity index is 1040. The Labute approximate surface area is 177 Å². The maximum absolute atomic E-state index is 14.1. The Hall–Kier alpha value is -2.98. The molecule has 0 unspecified atom stereocenters. The zero-order valence-electron chi connectivity index (χ0n) is 16.6. The Kier molecular flexibility index (Phi) is 5.96. The molecule has 1 aromatic carbocycles. The Morgan fingerprint density at radius 3 is 2.90 bits per heavy atom. The number of nitrogens with zero attached hydrogens (tertiary/aromatic N) is 3. The van der Waals surface area contributed by atoms with Crippen molar-refractivity contribution in [3.63, 3.8) is 0 Å². The number of benzene rings is 1. The van der Waals surface area contributed by atoms with Gasteiger partial charge in [-0.3, -0.25) is 9.48 Å². The number of aromatic nitrogens is 3. The smallest absolute Gasteiger partial charge is 0.277 e. The van der Waals surface area contributed by atoms with Crippen LogP contribution in [-0.4, -0.2) is 40.3 Å². The largest absolute Gasteiger partial charge is 0.389 e. The molecular formula is C20H24FN7OS. The number of thiazole rings is 1. The average molecular weight is 430 g/mol. The minimum atomic E-state index is -0.454. The molecule has 10 heteroatoms. The Morgan fingerprint density at radius 1 is 1.37 bits per heavy atom. The van der Waals surface area contributed by atoms with E-state index >= 15 is 0 Å². The molecule has 1 aliphatic heterocycles. The third kappa shape index (κ3) is 4.29. The molecule has 2 aromatic heterocycles. The summed E-state index contributed by atoms with van der Waals surface area (Å²) in [5.41, 5.74) is 6.96. The van der Waals surface area contributed by atoms with Gasteiger partial charge in [-0.1, -0.05) is 23.5 Å². The van der Waals surface area contributed by atoms with Crippen molar-refractivity contribution in [3.05, 3.63) is 42.0 Å². The molecule has 8 nitrogen and oxygen atoms in total. The molecule has 30 heavy (non-hydrogen) atoms. The van der Waals surface area contributed by atoms with Crippen molar-refractivity contribution >= 4 is 33.8 Å². The number of amides is 1.